The number of likely N-dealkylation sites (N-methyl/N-ethyl adjacent to an activating group) is 1. The Morgan fingerprint density at radius 3 is 2.31 bits per heavy atom. The number of carbonyl (C=O) groups is 2. The van der Waals surface area contributed by atoms with Crippen LogP contribution in [-0.2, 0) is 11.2 Å². The van der Waals surface area contributed by atoms with Crippen LogP contribution in [0.5, 0.6) is 0 Å². The molecular weight excluding hydrogens is 530 g/mol. The van der Waals surface area contributed by atoms with Crippen molar-refractivity contribution in [3.05, 3.63) is 48.3 Å². The number of amides is 2. The third-order valence-electron chi connectivity index (χ3n) is 8.90. The fourth-order valence-corrected chi connectivity index (χ4v) is 6.38. The first-order chi connectivity index (χ1) is 20.3. The van der Waals surface area contributed by atoms with Crippen molar-refractivity contribution >= 4 is 34.8 Å². The molecule has 11 nitrogen and oxygen atoms in total. The van der Waals surface area contributed by atoms with E-state index in [2.05, 4.69) is 61.4 Å². The van der Waals surface area contributed by atoms with Gasteiger partial charge in [0, 0.05) is 68.8 Å². The molecule has 0 spiro atoms. The van der Waals surface area contributed by atoms with Crippen LogP contribution in [0.15, 0.2) is 36.9 Å². The molecule has 5 N–H and O–H groups in total. The van der Waals surface area contributed by atoms with E-state index in [4.69, 9.17) is 10.7 Å². The highest BCUT2D eigenvalue weighted by atomic mass is 16.2. The van der Waals surface area contributed by atoms with Crippen molar-refractivity contribution in [3.8, 4) is 0 Å². The molecular formula is C31H45N9O2. The molecule has 1 aromatic heterocycles. The lowest BCUT2D eigenvalue weighted by Gasteiger charge is -2.42. The first-order valence-electron chi connectivity index (χ1n) is 15.3. The smallest absolute Gasteiger partial charge is 0.271 e. The standard InChI is InChI=1S/C31H45N9O2/c1-4-24-30(36-26-8-6-7-25(26)34-27(41)5-2)37-31(28(35-24)29(32)42)33-21-9-11-22(12-10-21)39-15-13-23(14-16-39)40-19-17-38(3)18-20-40/h5,9-12,23,25-26H,2,4,6-8,13-20H2,1,3H3,(H2,32,42)(H,34,41)(H2,33,36,37)/t25-,26+/m1/s1. The van der Waals surface area contributed by atoms with Crippen molar-refractivity contribution in [3.63, 3.8) is 0 Å². The number of nitrogens with two attached hydrogens (primary N) is 1. The van der Waals surface area contributed by atoms with E-state index in [0.717, 1.165) is 51.1 Å². The summed E-state index contributed by atoms with van der Waals surface area (Å²) in [7, 11) is 2.20. The van der Waals surface area contributed by atoms with Gasteiger partial charge in [-0.2, -0.15) is 0 Å². The number of benzene rings is 1. The third-order valence-corrected chi connectivity index (χ3v) is 8.90. The van der Waals surface area contributed by atoms with E-state index in [1.165, 1.54) is 37.7 Å². The van der Waals surface area contributed by atoms with Crippen LogP contribution in [0.1, 0.15) is 55.2 Å². The zero-order valence-corrected chi connectivity index (χ0v) is 24.9. The maximum Gasteiger partial charge on any atom is 0.271 e. The van der Waals surface area contributed by atoms with Crippen LogP contribution in [0.2, 0.25) is 0 Å². The van der Waals surface area contributed by atoms with Crippen LogP contribution >= 0.6 is 0 Å². The van der Waals surface area contributed by atoms with Gasteiger partial charge in [-0.05, 0) is 75.9 Å². The minimum Gasteiger partial charge on any atom is -0.371 e. The molecule has 0 bridgehead atoms. The molecule has 3 fully saturated rings. The molecule has 0 unspecified atom stereocenters. The van der Waals surface area contributed by atoms with Crippen LogP contribution in [-0.4, -0.2) is 96.0 Å². The number of primary amides is 1. The Morgan fingerprint density at radius 1 is 0.976 bits per heavy atom. The van der Waals surface area contributed by atoms with Gasteiger partial charge in [0.1, 0.15) is 0 Å². The van der Waals surface area contributed by atoms with Crippen LogP contribution < -0.4 is 26.6 Å². The predicted octanol–water partition coefficient (Wildman–Crippen LogP) is 2.73. The van der Waals surface area contributed by atoms with Crippen LogP contribution in [0, 0.1) is 0 Å². The van der Waals surface area contributed by atoms with Gasteiger partial charge in [0.05, 0.1) is 5.69 Å². The number of nitrogens with zero attached hydrogens (tertiary/aromatic N) is 5. The molecule has 0 radical (unpaired) electrons. The van der Waals surface area contributed by atoms with Gasteiger partial charge in [0.2, 0.25) is 5.91 Å². The molecule has 3 heterocycles. The molecule has 42 heavy (non-hydrogen) atoms. The first-order valence-corrected chi connectivity index (χ1v) is 15.3. The number of carbonyl (C=O) groups excluding carboxylic acids is 2. The summed E-state index contributed by atoms with van der Waals surface area (Å²) in [4.78, 5) is 41.2. The molecule has 2 aliphatic heterocycles. The summed E-state index contributed by atoms with van der Waals surface area (Å²) in [5, 5.41) is 9.77. The van der Waals surface area contributed by atoms with E-state index in [0.29, 0.717) is 29.8 Å². The average Bonchev–Trinajstić information content (AvgIpc) is 3.44. The van der Waals surface area contributed by atoms with E-state index in [9.17, 15) is 9.59 Å². The van der Waals surface area contributed by atoms with Gasteiger partial charge in [-0.25, -0.2) is 9.97 Å². The van der Waals surface area contributed by atoms with Crippen LogP contribution in [0.25, 0.3) is 0 Å². The van der Waals surface area contributed by atoms with Crippen molar-refractivity contribution in [2.24, 2.45) is 5.73 Å². The van der Waals surface area contributed by atoms with Crippen molar-refractivity contribution in [1.29, 1.82) is 0 Å². The molecule has 3 aliphatic rings. The van der Waals surface area contributed by atoms with Crippen molar-refractivity contribution in [1.82, 2.24) is 25.1 Å². The second kappa shape index (κ2) is 13.5. The fourth-order valence-electron chi connectivity index (χ4n) is 6.38. The SMILES string of the molecule is C=CC(=O)N[C@@H]1CCC[C@@H]1Nc1nc(Nc2ccc(N3CCC(N4CCN(C)CC4)CC3)cc2)c(C(N)=O)nc1CC. The van der Waals surface area contributed by atoms with Gasteiger partial charge in [-0.3, -0.25) is 14.5 Å². The summed E-state index contributed by atoms with van der Waals surface area (Å²) in [6.45, 7) is 12.3. The maximum absolute atomic E-state index is 12.3. The third kappa shape index (κ3) is 7.01. The van der Waals surface area contributed by atoms with E-state index in [1.54, 1.807) is 0 Å². The zero-order valence-electron chi connectivity index (χ0n) is 24.9. The van der Waals surface area contributed by atoms with Gasteiger partial charge >= 0.3 is 0 Å². The first kappa shape index (κ1) is 29.8. The summed E-state index contributed by atoms with van der Waals surface area (Å²) >= 11 is 0. The van der Waals surface area contributed by atoms with E-state index < -0.39 is 5.91 Å². The minimum absolute atomic E-state index is 0.000421. The lowest BCUT2D eigenvalue weighted by Crippen LogP contribution is -2.52. The number of rotatable bonds is 10. The maximum atomic E-state index is 12.3. The van der Waals surface area contributed by atoms with Crippen molar-refractivity contribution in [2.45, 2.75) is 63.6 Å². The molecule has 1 saturated carbocycles. The number of aryl methyl sites for hydroxylation is 1. The van der Waals surface area contributed by atoms with Crippen molar-refractivity contribution < 1.29 is 9.59 Å². The second-order valence-electron chi connectivity index (χ2n) is 11.7. The Morgan fingerprint density at radius 2 is 1.67 bits per heavy atom. The Bertz CT molecular complexity index is 1250. The molecule has 226 valence electrons. The van der Waals surface area contributed by atoms with E-state index >= 15 is 0 Å². The number of hydrogen-bond acceptors (Lipinski definition) is 9. The summed E-state index contributed by atoms with van der Waals surface area (Å²) < 4.78 is 0. The quantitative estimate of drug-likeness (QED) is 0.316. The number of hydrogen-bond donors (Lipinski definition) is 4. The fraction of sp³-hybridized carbons (Fsp3) is 0.548. The lowest BCUT2D eigenvalue weighted by molar-refractivity contribution is -0.117. The van der Waals surface area contributed by atoms with E-state index in [-0.39, 0.29) is 23.7 Å². The Balaban J connectivity index is 1.26. The van der Waals surface area contributed by atoms with Gasteiger partial charge in [0.25, 0.3) is 5.91 Å². The Kier molecular flexibility index (Phi) is 9.58. The molecule has 1 aromatic carbocycles. The number of piperazine rings is 1. The molecule has 2 amide bonds. The summed E-state index contributed by atoms with van der Waals surface area (Å²) in [6, 6.07) is 8.88. The lowest BCUT2D eigenvalue weighted by atomic mass is 10.0. The molecule has 5 rings (SSSR count). The average molecular weight is 576 g/mol. The van der Waals surface area contributed by atoms with Gasteiger partial charge in [-0.1, -0.05) is 13.5 Å². The van der Waals surface area contributed by atoms with E-state index in [1.807, 2.05) is 19.1 Å². The zero-order chi connectivity index (χ0) is 29.6. The largest absolute Gasteiger partial charge is 0.371 e. The predicted molar refractivity (Wildman–Crippen MR) is 167 cm³/mol. The number of aromatic nitrogens is 2. The minimum atomic E-state index is -0.636. The molecule has 1 aliphatic carbocycles. The Hall–Kier alpha value is -3.70. The van der Waals surface area contributed by atoms with Crippen LogP contribution in [0.3, 0.4) is 0 Å². The Labute approximate surface area is 248 Å². The second-order valence-corrected chi connectivity index (χ2v) is 11.7. The number of piperidine rings is 1. The summed E-state index contributed by atoms with van der Waals surface area (Å²) in [5.41, 5.74) is 8.48. The summed E-state index contributed by atoms with van der Waals surface area (Å²) in [5.74, 6) is 0.0788. The monoisotopic (exact) mass is 575 g/mol. The van der Waals surface area contributed by atoms with Crippen LogP contribution in [0.4, 0.5) is 23.0 Å². The topological polar surface area (TPSA) is 132 Å². The highest BCUT2D eigenvalue weighted by Crippen LogP contribution is 2.29. The number of anilines is 4. The molecule has 11 heteroatoms. The normalized spacial score (nSPS) is 22.1. The summed E-state index contributed by atoms with van der Waals surface area (Å²) in [6.07, 6.45) is 6.97. The van der Waals surface area contributed by atoms with Crippen molar-refractivity contribution in [2.75, 3.05) is 61.8 Å². The highest BCUT2D eigenvalue weighted by Gasteiger charge is 2.30. The molecule has 2 saturated heterocycles. The molecule has 2 atom stereocenters. The number of nitrogens with one attached hydrogen (secondary N) is 3. The van der Waals surface area contributed by atoms with Gasteiger partial charge < -0.3 is 31.5 Å². The van der Waals surface area contributed by atoms with Gasteiger partial charge in [-0.15, -0.1) is 0 Å². The highest BCUT2D eigenvalue weighted by molar-refractivity contribution is 5.96. The molecule has 2 aromatic rings. The van der Waals surface area contributed by atoms with Gasteiger partial charge in [0.15, 0.2) is 17.3 Å².